The summed E-state index contributed by atoms with van der Waals surface area (Å²) in [5, 5.41) is 0. The summed E-state index contributed by atoms with van der Waals surface area (Å²) in [6, 6.07) is -0.738. The maximum Gasteiger partial charge on any atom is 0.322 e. The van der Waals surface area contributed by atoms with E-state index in [9.17, 15) is 9.59 Å². The first kappa shape index (κ1) is 15.4. The zero-order valence-corrected chi connectivity index (χ0v) is 9.08. The molecule has 0 rings (SSSR count). The van der Waals surface area contributed by atoms with E-state index in [1.807, 2.05) is 13.8 Å². The summed E-state index contributed by atoms with van der Waals surface area (Å²) in [4.78, 5) is 21.2. The van der Waals surface area contributed by atoms with E-state index < -0.39 is 17.9 Å². The van der Waals surface area contributed by atoms with Crippen molar-refractivity contribution in [3.8, 4) is 0 Å². The van der Waals surface area contributed by atoms with E-state index in [0.29, 0.717) is 6.61 Å². The van der Waals surface area contributed by atoms with Crippen LogP contribution in [0.15, 0.2) is 0 Å². The minimum atomic E-state index is -0.738. The van der Waals surface area contributed by atoms with Gasteiger partial charge in [0.2, 0.25) is 5.91 Å². The Labute approximate surface area is 84.8 Å². The van der Waals surface area contributed by atoms with Crippen LogP contribution in [0.3, 0.4) is 0 Å². The predicted molar refractivity (Wildman–Crippen MR) is 54.4 cm³/mol. The summed E-state index contributed by atoms with van der Waals surface area (Å²) in [7, 11) is 0. The predicted octanol–water partition coefficient (Wildman–Crippen LogP) is 0.169. The van der Waals surface area contributed by atoms with Gasteiger partial charge in [-0.05, 0) is 13.3 Å². The van der Waals surface area contributed by atoms with Crippen LogP contribution >= 0.6 is 0 Å². The summed E-state index contributed by atoms with van der Waals surface area (Å²) in [5.41, 5.74) is 10.2. The van der Waals surface area contributed by atoms with Gasteiger partial charge in [0.1, 0.15) is 6.04 Å². The summed E-state index contributed by atoms with van der Waals surface area (Å²) in [6.07, 6.45) is 0.355. The lowest BCUT2D eigenvalue weighted by molar-refractivity contribution is -0.144. The number of nitrogens with two attached hydrogens (primary N) is 2. The lowest BCUT2D eigenvalue weighted by Gasteiger charge is -2.08. The Morgan fingerprint density at radius 2 is 1.86 bits per heavy atom. The molecule has 0 bridgehead atoms. The molecule has 0 aliphatic carbocycles. The highest BCUT2D eigenvalue weighted by molar-refractivity contribution is 5.78. The van der Waals surface area contributed by atoms with E-state index in [2.05, 4.69) is 4.74 Å². The van der Waals surface area contributed by atoms with Gasteiger partial charge in [-0.2, -0.15) is 0 Å². The van der Waals surface area contributed by atoms with Crippen LogP contribution in [0.4, 0.5) is 0 Å². The molecule has 14 heavy (non-hydrogen) atoms. The molecule has 1 amide bonds. The third-order valence-corrected chi connectivity index (χ3v) is 1.29. The van der Waals surface area contributed by atoms with Gasteiger partial charge in [0.15, 0.2) is 0 Å². The van der Waals surface area contributed by atoms with Crippen molar-refractivity contribution < 1.29 is 14.3 Å². The first-order valence-corrected chi connectivity index (χ1v) is 4.78. The summed E-state index contributed by atoms with van der Waals surface area (Å²) in [5.74, 6) is -0.950. The first-order valence-electron chi connectivity index (χ1n) is 4.78. The molecule has 0 aliphatic rings. The van der Waals surface area contributed by atoms with Crippen LogP contribution in [0.5, 0.6) is 0 Å². The lowest BCUT2D eigenvalue weighted by Crippen LogP contribution is -2.33. The maximum absolute atomic E-state index is 10.9. The molecule has 0 fully saturated rings. The van der Waals surface area contributed by atoms with Crippen LogP contribution in [-0.2, 0) is 14.3 Å². The van der Waals surface area contributed by atoms with Crippen molar-refractivity contribution in [1.82, 2.24) is 0 Å². The molecule has 5 heteroatoms. The van der Waals surface area contributed by atoms with E-state index in [0.717, 1.165) is 0 Å². The Balaban J connectivity index is 0. The molecule has 1 atom stereocenters. The van der Waals surface area contributed by atoms with Crippen LogP contribution in [0.2, 0.25) is 0 Å². The molecule has 5 nitrogen and oxygen atoms in total. The van der Waals surface area contributed by atoms with Gasteiger partial charge in [-0.1, -0.05) is 13.8 Å². The van der Waals surface area contributed by atoms with Gasteiger partial charge in [-0.25, -0.2) is 0 Å². The standard InChI is InChI=1S/C7H14N2O3.C2H6/c1-2-12-7(11)5(8)3-4-6(9)10;1-2/h5H,2-4,8H2,1H3,(H2,9,10);1-2H3. The maximum atomic E-state index is 10.9. The fourth-order valence-electron chi connectivity index (χ4n) is 0.665. The molecule has 1 unspecified atom stereocenters. The quantitative estimate of drug-likeness (QED) is 0.624. The van der Waals surface area contributed by atoms with Crippen LogP contribution in [-0.4, -0.2) is 24.5 Å². The summed E-state index contributed by atoms with van der Waals surface area (Å²) < 4.78 is 4.62. The van der Waals surface area contributed by atoms with Gasteiger partial charge in [0, 0.05) is 6.42 Å². The van der Waals surface area contributed by atoms with Crippen molar-refractivity contribution >= 4 is 11.9 Å². The molecular weight excluding hydrogens is 184 g/mol. The Morgan fingerprint density at radius 1 is 1.36 bits per heavy atom. The van der Waals surface area contributed by atoms with Crippen LogP contribution in [0.25, 0.3) is 0 Å². The van der Waals surface area contributed by atoms with Gasteiger partial charge in [0.25, 0.3) is 0 Å². The number of hydrogen-bond donors (Lipinski definition) is 2. The van der Waals surface area contributed by atoms with Gasteiger partial charge in [-0.15, -0.1) is 0 Å². The van der Waals surface area contributed by atoms with E-state index >= 15 is 0 Å². The molecule has 0 aliphatic heterocycles. The number of carbonyl (C=O) groups is 2. The molecule has 0 saturated carbocycles. The number of amides is 1. The third-order valence-electron chi connectivity index (χ3n) is 1.29. The highest BCUT2D eigenvalue weighted by Crippen LogP contribution is 1.95. The molecule has 0 heterocycles. The minimum Gasteiger partial charge on any atom is -0.465 e. The fraction of sp³-hybridized carbons (Fsp3) is 0.778. The highest BCUT2D eigenvalue weighted by atomic mass is 16.5. The Kier molecular flexibility index (Phi) is 11.0. The second-order valence-corrected chi connectivity index (χ2v) is 2.36. The molecule has 0 saturated heterocycles. The van der Waals surface area contributed by atoms with Crippen molar-refractivity contribution in [2.45, 2.75) is 39.7 Å². The van der Waals surface area contributed by atoms with Crippen LogP contribution in [0, 0.1) is 0 Å². The van der Waals surface area contributed by atoms with E-state index in [-0.39, 0.29) is 12.8 Å². The lowest BCUT2D eigenvalue weighted by atomic mass is 10.1. The second kappa shape index (κ2) is 9.98. The number of ether oxygens (including phenoxy) is 1. The van der Waals surface area contributed by atoms with E-state index in [1.54, 1.807) is 6.92 Å². The topological polar surface area (TPSA) is 95.4 Å². The molecule has 0 aromatic rings. The second-order valence-electron chi connectivity index (χ2n) is 2.36. The van der Waals surface area contributed by atoms with Gasteiger partial charge < -0.3 is 16.2 Å². The van der Waals surface area contributed by atoms with Crippen LogP contribution in [0.1, 0.15) is 33.6 Å². The Hall–Kier alpha value is -1.10. The van der Waals surface area contributed by atoms with Gasteiger partial charge >= 0.3 is 5.97 Å². The molecule has 0 aromatic heterocycles. The molecule has 0 radical (unpaired) electrons. The molecular formula is C9H20N2O3. The molecule has 4 N–H and O–H groups in total. The van der Waals surface area contributed by atoms with E-state index in [1.165, 1.54) is 0 Å². The Morgan fingerprint density at radius 3 is 2.21 bits per heavy atom. The van der Waals surface area contributed by atoms with Crippen molar-refractivity contribution in [3.05, 3.63) is 0 Å². The average molecular weight is 204 g/mol. The Bertz CT molecular complexity index is 171. The van der Waals surface area contributed by atoms with Crippen LogP contribution < -0.4 is 11.5 Å². The molecule has 0 spiro atoms. The van der Waals surface area contributed by atoms with Crippen molar-refractivity contribution in [3.63, 3.8) is 0 Å². The normalized spacial score (nSPS) is 10.9. The summed E-state index contributed by atoms with van der Waals surface area (Å²) >= 11 is 0. The van der Waals surface area contributed by atoms with Crippen molar-refractivity contribution in [2.24, 2.45) is 11.5 Å². The average Bonchev–Trinajstić information content (AvgIpc) is 2.17. The van der Waals surface area contributed by atoms with Gasteiger partial charge in [0.05, 0.1) is 6.61 Å². The zero-order chi connectivity index (χ0) is 11.6. The summed E-state index contributed by atoms with van der Waals surface area (Å²) in [6.45, 7) is 5.99. The van der Waals surface area contributed by atoms with Crippen molar-refractivity contribution in [1.29, 1.82) is 0 Å². The number of hydrogen-bond acceptors (Lipinski definition) is 4. The van der Waals surface area contributed by atoms with Gasteiger partial charge in [-0.3, -0.25) is 9.59 Å². The van der Waals surface area contributed by atoms with E-state index in [4.69, 9.17) is 11.5 Å². The molecule has 0 aromatic carbocycles. The third kappa shape index (κ3) is 8.99. The minimum absolute atomic E-state index is 0.111. The fourth-order valence-corrected chi connectivity index (χ4v) is 0.665. The zero-order valence-electron chi connectivity index (χ0n) is 9.08. The number of carbonyl (C=O) groups excluding carboxylic acids is 2. The highest BCUT2D eigenvalue weighted by Gasteiger charge is 2.14. The molecule has 84 valence electrons. The smallest absolute Gasteiger partial charge is 0.322 e. The van der Waals surface area contributed by atoms with Crippen molar-refractivity contribution in [2.75, 3.05) is 6.61 Å². The largest absolute Gasteiger partial charge is 0.465 e. The monoisotopic (exact) mass is 204 g/mol. The number of primary amides is 1. The number of rotatable bonds is 5. The first-order chi connectivity index (χ1) is 6.57. The SMILES string of the molecule is CC.CCOC(=O)C(N)CCC(N)=O. The number of esters is 1.